The SMILES string of the molecule is NC(=S)c1c(F)cccc1OCc1ccc(F)cc1F. The molecule has 0 aliphatic carbocycles. The fraction of sp³-hybridized carbons (Fsp3) is 0.0714. The number of benzene rings is 2. The van der Waals surface area contributed by atoms with E-state index in [0.29, 0.717) is 0 Å². The van der Waals surface area contributed by atoms with Gasteiger partial charge in [-0.05, 0) is 24.3 Å². The molecule has 104 valence electrons. The van der Waals surface area contributed by atoms with E-state index in [9.17, 15) is 13.2 Å². The lowest BCUT2D eigenvalue weighted by atomic mass is 10.2. The van der Waals surface area contributed by atoms with Gasteiger partial charge in [-0.3, -0.25) is 0 Å². The topological polar surface area (TPSA) is 35.2 Å². The first kappa shape index (κ1) is 14.3. The summed E-state index contributed by atoms with van der Waals surface area (Å²) in [6.07, 6.45) is 0. The predicted octanol–water partition coefficient (Wildman–Crippen LogP) is 3.32. The van der Waals surface area contributed by atoms with E-state index in [-0.39, 0.29) is 28.5 Å². The fourth-order valence-corrected chi connectivity index (χ4v) is 1.86. The third kappa shape index (κ3) is 3.08. The summed E-state index contributed by atoms with van der Waals surface area (Å²) in [4.78, 5) is -0.155. The zero-order valence-electron chi connectivity index (χ0n) is 10.2. The maximum atomic E-state index is 13.6. The molecule has 2 N–H and O–H groups in total. The molecule has 2 aromatic carbocycles. The molecule has 0 fully saturated rings. The Labute approximate surface area is 119 Å². The molecule has 0 radical (unpaired) electrons. The zero-order chi connectivity index (χ0) is 14.7. The first-order chi connectivity index (χ1) is 9.49. The Morgan fingerprint density at radius 3 is 2.50 bits per heavy atom. The van der Waals surface area contributed by atoms with E-state index < -0.39 is 17.5 Å². The van der Waals surface area contributed by atoms with Crippen LogP contribution in [0.15, 0.2) is 36.4 Å². The smallest absolute Gasteiger partial charge is 0.137 e. The molecular formula is C14H10F3NOS. The van der Waals surface area contributed by atoms with Gasteiger partial charge in [0.15, 0.2) is 0 Å². The van der Waals surface area contributed by atoms with Gasteiger partial charge in [0.25, 0.3) is 0 Å². The molecule has 0 unspecified atom stereocenters. The number of ether oxygens (including phenoxy) is 1. The molecule has 2 aromatic rings. The molecule has 0 spiro atoms. The van der Waals surface area contributed by atoms with Gasteiger partial charge in [0, 0.05) is 11.6 Å². The fourth-order valence-electron chi connectivity index (χ4n) is 1.66. The lowest BCUT2D eigenvalue weighted by molar-refractivity contribution is 0.297. The van der Waals surface area contributed by atoms with Crippen LogP contribution in [0.1, 0.15) is 11.1 Å². The second-order valence-corrected chi connectivity index (χ2v) is 4.44. The molecule has 6 heteroatoms. The number of halogens is 3. The van der Waals surface area contributed by atoms with Gasteiger partial charge in [0.1, 0.15) is 34.8 Å². The van der Waals surface area contributed by atoms with Crippen molar-refractivity contribution in [3.63, 3.8) is 0 Å². The maximum absolute atomic E-state index is 13.6. The van der Waals surface area contributed by atoms with Crippen molar-refractivity contribution in [1.29, 1.82) is 0 Å². The summed E-state index contributed by atoms with van der Waals surface area (Å²) in [6.45, 7) is -0.189. The van der Waals surface area contributed by atoms with Gasteiger partial charge in [-0.1, -0.05) is 18.3 Å². The maximum Gasteiger partial charge on any atom is 0.137 e. The Morgan fingerprint density at radius 2 is 1.85 bits per heavy atom. The largest absolute Gasteiger partial charge is 0.488 e. The number of nitrogens with two attached hydrogens (primary N) is 1. The normalized spacial score (nSPS) is 10.3. The third-order valence-corrected chi connectivity index (χ3v) is 2.82. The summed E-state index contributed by atoms with van der Waals surface area (Å²) in [5.41, 5.74) is 5.53. The van der Waals surface area contributed by atoms with E-state index in [2.05, 4.69) is 0 Å². The Bertz CT molecular complexity index is 661. The third-order valence-electron chi connectivity index (χ3n) is 2.62. The van der Waals surface area contributed by atoms with Gasteiger partial charge >= 0.3 is 0 Å². The van der Waals surface area contributed by atoms with Crippen LogP contribution < -0.4 is 10.5 Å². The monoisotopic (exact) mass is 297 g/mol. The minimum Gasteiger partial charge on any atom is -0.488 e. The molecule has 2 nitrogen and oxygen atoms in total. The minimum absolute atomic E-state index is 0.0370. The molecule has 0 atom stereocenters. The van der Waals surface area contributed by atoms with Gasteiger partial charge < -0.3 is 10.5 Å². The van der Waals surface area contributed by atoms with Crippen molar-refractivity contribution in [2.24, 2.45) is 5.73 Å². The van der Waals surface area contributed by atoms with Crippen LogP contribution in [0.4, 0.5) is 13.2 Å². The first-order valence-corrected chi connectivity index (χ1v) is 6.05. The van der Waals surface area contributed by atoms with E-state index in [1.54, 1.807) is 0 Å². The average Bonchev–Trinajstić information content (AvgIpc) is 2.37. The zero-order valence-corrected chi connectivity index (χ0v) is 11.0. The summed E-state index contributed by atoms with van der Waals surface area (Å²) in [6, 6.07) is 7.21. The van der Waals surface area contributed by atoms with Crippen molar-refractivity contribution in [2.75, 3.05) is 0 Å². The average molecular weight is 297 g/mol. The second kappa shape index (κ2) is 5.92. The molecular weight excluding hydrogens is 287 g/mol. The molecule has 2 rings (SSSR count). The quantitative estimate of drug-likeness (QED) is 0.879. The van der Waals surface area contributed by atoms with E-state index in [4.69, 9.17) is 22.7 Å². The number of hydrogen-bond acceptors (Lipinski definition) is 2. The number of hydrogen-bond donors (Lipinski definition) is 1. The van der Waals surface area contributed by atoms with Crippen molar-refractivity contribution in [3.8, 4) is 5.75 Å². The van der Waals surface area contributed by atoms with Crippen LogP contribution >= 0.6 is 12.2 Å². The molecule has 0 saturated heterocycles. The lowest BCUT2D eigenvalue weighted by Gasteiger charge is -2.11. The Morgan fingerprint density at radius 1 is 1.10 bits per heavy atom. The highest BCUT2D eigenvalue weighted by molar-refractivity contribution is 7.80. The lowest BCUT2D eigenvalue weighted by Crippen LogP contribution is -2.14. The second-order valence-electron chi connectivity index (χ2n) is 4.00. The Hall–Kier alpha value is -2.08. The summed E-state index contributed by atoms with van der Waals surface area (Å²) in [5, 5.41) is 0. The van der Waals surface area contributed by atoms with Crippen LogP contribution in [0.3, 0.4) is 0 Å². The number of thiocarbonyl (C=S) groups is 1. The van der Waals surface area contributed by atoms with Crippen molar-refractivity contribution >= 4 is 17.2 Å². The van der Waals surface area contributed by atoms with Crippen molar-refractivity contribution in [1.82, 2.24) is 0 Å². The van der Waals surface area contributed by atoms with Crippen LogP contribution in [0, 0.1) is 17.5 Å². The van der Waals surface area contributed by atoms with Crippen LogP contribution in [-0.4, -0.2) is 4.99 Å². The highest BCUT2D eigenvalue weighted by Gasteiger charge is 2.13. The highest BCUT2D eigenvalue weighted by atomic mass is 32.1. The van der Waals surface area contributed by atoms with E-state index in [1.165, 1.54) is 24.3 Å². The van der Waals surface area contributed by atoms with Gasteiger partial charge in [-0.25, -0.2) is 13.2 Å². The summed E-state index contributed by atoms with van der Waals surface area (Å²) >= 11 is 4.74. The first-order valence-electron chi connectivity index (χ1n) is 5.64. The Balaban J connectivity index is 2.23. The van der Waals surface area contributed by atoms with Crippen LogP contribution in [0.25, 0.3) is 0 Å². The summed E-state index contributed by atoms with van der Waals surface area (Å²) < 4.78 is 45.1. The predicted molar refractivity (Wildman–Crippen MR) is 73.0 cm³/mol. The van der Waals surface area contributed by atoms with Crippen LogP contribution in [0.5, 0.6) is 5.75 Å². The van der Waals surface area contributed by atoms with E-state index in [0.717, 1.165) is 12.1 Å². The van der Waals surface area contributed by atoms with Crippen molar-refractivity contribution in [2.45, 2.75) is 6.61 Å². The van der Waals surface area contributed by atoms with Crippen LogP contribution in [-0.2, 0) is 6.61 Å². The summed E-state index contributed by atoms with van der Waals surface area (Å²) in [7, 11) is 0. The van der Waals surface area contributed by atoms with Gasteiger partial charge in [0.2, 0.25) is 0 Å². The van der Waals surface area contributed by atoms with E-state index >= 15 is 0 Å². The van der Waals surface area contributed by atoms with Crippen LogP contribution in [0.2, 0.25) is 0 Å². The molecule has 0 saturated carbocycles. The molecule has 0 aliphatic heterocycles. The van der Waals surface area contributed by atoms with Crippen molar-refractivity contribution in [3.05, 3.63) is 65.0 Å². The molecule has 0 aliphatic rings. The Kier molecular flexibility index (Phi) is 4.24. The number of rotatable bonds is 4. The minimum atomic E-state index is -0.738. The molecule has 0 aromatic heterocycles. The van der Waals surface area contributed by atoms with Gasteiger partial charge in [-0.15, -0.1) is 0 Å². The summed E-state index contributed by atoms with van der Waals surface area (Å²) in [5.74, 6) is -1.92. The van der Waals surface area contributed by atoms with E-state index in [1.807, 2.05) is 0 Å². The standard InChI is InChI=1S/C14H10F3NOS/c15-9-5-4-8(11(17)6-9)7-19-12-3-1-2-10(16)13(12)14(18)20/h1-6H,7H2,(H2,18,20). The molecule has 0 bridgehead atoms. The molecule has 0 amide bonds. The molecule has 0 heterocycles. The molecule has 20 heavy (non-hydrogen) atoms. The highest BCUT2D eigenvalue weighted by Crippen LogP contribution is 2.23. The van der Waals surface area contributed by atoms with Crippen molar-refractivity contribution < 1.29 is 17.9 Å². The van der Waals surface area contributed by atoms with Gasteiger partial charge in [0.05, 0.1) is 5.56 Å². The van der Waals surface area contributed by atoms with Gasteiger partial charge in [-0.2, -0.15) is 0 Å².